The van der Waals surface area contributed by atoms with Crippen LogP contribution in [0.3, 0.4) is 0 Å². The normalized spacial score (nSPS) is 17.5. The van der Waals surface area contributed by atoms with E-state index < -0.39 is 17.8 Å². The van der Waals surface area contributed by atoms with Crippen LogP contribution in [-0.2, 0) is 9.59 Å². The van der Waals surface area contributed by atoms with Gasteiger partial charge in [-0.15, -0.1) is 0 Å². The van der Waals surface area contributed by atoms with E-state index in [0.717, 1.165) is 23.7 Å². The average Bonchev–Trinajstić information content (AvgIpc) is 3.34. The van der Waals surface area contributed by atoms with Gasteiger partial charge in [0.05, 0.1) is 18.9 Å². The molecule has 1 N–H and O–H groups in total. The third kappa shape index (κ3) is 4.69. The SMILES string of the molecule is CCOc1ccc(OCC)c(N2C(=O)NC(=O)/C(=C\c3ccc(N4CCCC4)cc3)C2=O)c1. The fourth-order valence-electron chi connectivity index (χ4n) is 4.01. The highest BCUT2D eigenvalue weighted by molar-refractivity contribution is 6.39. The lowest BCUT2D eigenvalue weighted by molar-refractivity contribution is -0.122. The van der Waals surface area contributed by atoms with Gasteiger partial charge in [0.15, 0.2) is 0 Å². The largest absolute Gasteiger partial charge is 0.494 e. The summed E-state index contributed by atoms with van der Waals surface area (Å²) in [4.78, 5) is 41.8. The molecule has 4 amide bonds. The van der Waals surface area contributed by atoms with Crippen molar-refractivity contribution < 1.29 is 23.9 Å². The van der Waals surface area contributed by atoms with Crippen molar-refractivity contribution in [1.82, 2.24) is 5.32 Å². The first-order chi connectivity index (χ1) is 16.0. The van der Waals surface area contributed by atoms with E-state index in [-0.39, 0.29) is 11.3 Å². The highest BCUT2D eigenvalue weighted by Gasteiger charge is 2.38. The Morgan fingerprint density at radius 2 is 1.64 bits per heavy atom. The Morgan fingerprint density at radius 1 is 0.939 bits per heavy atom. The first kappa shape index (κ1) is 22.4. The fourth-order valence-corrected chi connectivity index (χ4v) is 4.01. The molecule has 33 heavy (non-hydrogen) atoms. The molecule has 2 aromatic carbocycles. The number of urea groups is 1. The lowest BCUT2D eigenvalue weighted by atomic mass is 10.1. The lowest BCUT2D eigenvalue weighted by Gasteiger charge is -2.28. The van der Waals surface area contributed by atoms with Crippen LogP contribution in [0, 0.1) is 0 Å². The number of nitrogens with one attached hydrogen (secondary N) is 1. The predicted octanol–water partition coefficient (Wildman–Crippen LogP) is 3.75. The molecule has 8 heteroatoms. The number of nitrogens with zero attached hydrogens (tertiary/aromatic N) is 2. The number of benzene rings is 2. The molecule has 0 radical (unpaired) electrons. The van der Waals surface area contributed by atoms with Crippen LogP contribution in [0.15, 0.2) is 48.0 Å². The molecule has 2 aliphatic heterocycles. The second-order valence-electron chi connectivity index (χ2n) is 7.74. The van der Waals surface area contributed by atoms with Crippen molar-refractivity contribution in [2.24, 2.45) is 0 Å². The summed E-state index contributed by atoms with van der Waals surface area (Å²) in [6, 6.07) is 11.8. The molecule has 8 nitrogen and oxygen atoms in total. The molecule has 2 aliphatic rings. The number of rotatable bonds is 7. The standard InChI is InChI=1S/C25H27N3O5/c1-3-32-19-11-12-22(33-4-2)21(16-19)28-24(30)20(23(29)26-25(28)31)15-17-7-9-18(10-8-17)27-13-5-6-14-27/h7-12,15-16H,3-6,13-14H2,1-2H3,(H,26,29,31)/b20-15+. The van der Waals surface area contributed by atoms with Crippen molar-refractivity contribution in [1.29, 1.82) is 0 Å². The number of imide groups is 2. The third-order valence-corrected chi connectivity index (χ3v) is 5.56. The van der Waals surface area contributed by atoms with Crippen LogP contribution < -0.4 is 24.6 Å². The van der Waals surface area contributed by atoms with Crippen LogP contribution in [0.2, 0.25) is 0 Å². The monoisotopic (exact) mass is 449 g/mol. The molecular weight excluding hydrogens is 422 g/mol. The summed E-state index contributed by atoms with van der Waals surface area (Å²) in [5, 5.41) is 2.26. The molecule has 4 rings (SSSR count). The van der Waals surface area contributed by atoms with E-state index in [0.29, 0.717) is 30.3 Å². The van der Waals surface area contributed by atoms with Crippen molar-refractivity contribution in [3.63, 3.8) is 0 Å². The molecule has 0 bridgehead atoms. The van der Waals surface area contributed by atoms with Gasteiger partial charge in [-0.2, -0.15) is 0 Å². The van der Waals surface area contributed by atoms with Gasteiger partial charge in [-0.1, -0.05) is 12.1 Å². The zero-order chi connectivity index (χ0) is 23.4. The molecule has 2 heterocycles. The summed E-state index contributed by atoms with van der Waals surface area (Å²) in [5.74, 6) is -0.629. The van der Waals surface area contributed by atoms with Crippen molar-refractivity contribution in [3.8, 4) is 11.5 Å². The van der Waals surface area contributed by atoms with Gasteiger partial charge in [0.2, 0.25) is 0 Å². The summed E-state index contributed by atoms with van der Waals surface area (Å²) < 4.78 is 11.2. The number of hydrogen-bond donors (Lipinski definition) is 1. The minimum absolute atomic E-state index is 0.132. The molecule has 2 fully saturated rings. The number of carbonyl (C=O) groups is 3. The van der Waals surface area contributed by atoms with Gasteiger partial charge in [-0.3, -0.25) is 14.9 Å². The molecule has 2 saturated heterocycles. The summed E-state index contributed by atoms with van der Waals surface area (Å²) in [6.07, 6.45) is 3.86. The Labute approximate surface area is 192 Å². The molecular formula is C25H27N3O5. The summed E-state index contributed by atoms with van der Waals surface area (Å²) >= 11 is 0. The maximum atomic E-state index is 13.3. The highest BCUT2D eigenvalue weighted by atomic mass is 16.5. The van der Waals surface area contributed by atoms with Gasteiger partial charge < -0.3 is 14.4 Å². The zero-order valence-corrected chi connectivity index (χ0v) is 18.8. The first-order valence-electron chi connectivity index (χ1n) is 11.2. The predicted molar refractivity (Wildman–Crippen MR) is 126 cm³/mol. The van der Waals surface area contributed by atoms with Crippen LogP contribution in [0.1, 0.15) is 32.3 Å². The van der Waals surface area contributed by atoms with Gasteiger partial charge >= 0.3 is 6.03 Å². The summed E-state index contributed by atoms with van der Waals surface area (Å²) in [5.41, 5.74) is 1.89. The quantitative estimate of drug-likeness (QED) is 0.512. The zero-order valence-electron chi connectivity index (χ0n) is 18.8. The fraction of sp³-hybridized carbons (Fsp3) is 0.320. The third-order valence-electron chi connectivity index (χ3n) is 5.56. The van der Waals surface area contributed by atoms with Crippen LogP contribution >= 0.6 is 0 Å². The van der Waals surface area contributed by atoms with Gasteiger partial charge in [0, 0.05) is 24.8 Å². The second kappa shape index (κ2) is 9.77. The van der Waals surface area contributed by atoms with E-state index in [1.54, 1.807) is 25.1 Å². The minimum Gasteiger partial charge on any atom is -0.494 e. The van der Waals surface area contributed by atoms with Crippen molar-refractivity contribution in [2.45, 2.75) is 26.7 Å². The Morgan fingerprint density at radius 3 is 2.30 bits per heavy atom. The summed E-state index contributed by atoms with van der Waals surface area (Å²) in [6.45, 7) is 6.46. The Hall–Kier alpha value is -3.81. The summed E-state index contributed by atoms with van der Waals surface area (Å²) in [7, 11) is 0. The lowest BCUT2D eigenvalue weighted by Crippen LogP contribution is -2.54. The van der Waals surface area contributed by atoms with Crippen LogP contribution in [-0.4, -0.2) is 44.1 Å². The molecule has 2 aromatic rings. The van der Waals surface area contributed by atoms with E-state index in [9.17, 15) is 14.4 Å². The van der Waals surface area contributed by atoms with Crippen molar-refractivity contribution >= 4 is 35.3 Å². The van der Waals surface area contributed by atoms with Crippen LogP contribution in [0.5, 0.6) is 11.5 Å². The topological polar surface area (TPSA) is 88.2 Å². The smallest absolute Gasteiger partial charge is 0.336 e. The van der Waals surface area contributed by atoms with E-state index in [2.05, 4.69) is 10.2 Å². The second-order valence-corrected chi connectivity index (χ2v) is 7.74. The number of amides is 4. The van der Waals surface area contributed by atoms with Crippen molar-refractivity contribution in [2.75, 3.05) is 36.1 Å². The van der Waals surface area contributed by atoms with Crippen molar-refractivity contribution in [3.05, 3.63) is 53.6 Å². The highest BCUT2D eigenvalue weighted by Crippen LogP contribution is 2.35. The number of hydrogen-bond acceptors (Lipinski definition) is 6. The molecule has 0 saturated carbocycles. The van der Waals surface area contributed by atoms with Gasteiger partial charge in [-0.25, -0.2) is 9.69 Å². The molecule has 0 aliphatic carbocycles. The molecule has 0 unspecified atom stereocenters. The Balaban J connectivity index is 1.67. The van der Waals surface area contributed by atoms with E-state index in [4.69, 9.17) is 9.47 Å². The van der Waals surface area contributed by atoms with Crippen LogP contribution in [0.4, 0.5) is 16.2 Å². The minimum atomic E-state index is -0.832. The average molecular weight is 450 g/mol. The number of barbiturate groups is 1. The molecule has 0 spiro atoms. The number of anilines is 2. The van der Waals surface area contributed by atoms with Gasteiger partial charge in [0.1, 0.15) is 17.1 Å². The Bertz CT molecular complexity index is 1090. The molecule has 0 aromatic heterocycles. The van der Waals surface area contributed by atoms with Gasteiger partial charge in [-0.05, 0) is 62.6 Å². The maximum Gasteiger partial charge on any atom is 0.336 e. The van der Waals surface area contributed by atoms with Crippen LogP contribution in [0.25, 0.3) is 6.08 Å². The van der Waals surface area contributed by atoms with Gasteiger partial charge in [0.25, 0.3) is 11.8 Å². The Kier molecular flexibility index (Phi) is 6.63. The molecule has 0 atom stereocenters. The van der Waals surface area contributed by atoms with E-state index in [1.165, 1.54) is 18.9 Å². The number of ether oxygens (including phenoxy) is 2. The number of carbonyl (C=O) groups excluding carboxylic acids is 3. The van der Waals surface area contributed by atoms with E-state index in [1.807, 2.05) is 31.2 Å². The first-order valence-corrected chi connectivity index (χ1v) is 11.2. The van der Waals surface area contributed by atoms with E-state index >= 15 is 0 Å². The maximum absolute atomic E-state index is 13.3. The molecule has 172 valence electrons.